The second kappa shape index (κ2) is 6.62. The summed E-state index contributed by atoms with van der Waals surface area (Å²) < 4.78 is 24.1. The lowest BCUT2D eigenvalue weighted by Gasteiger charge is -2.44. The van der Waals surface area contributed by atoms with Gasteiger partial charge in [-0.2, -0.15) is 4.62 Å². The van der Waals surface area contributed by atoms with Crippen molar-refractivity contribution < 1.29 is 53.7 Å². The smallest absolute Gasteiger partial charge is 0.394 e. The van der Waals surface area contributed by atoms with Crippen molar-refractivity contribution in [2.24, 2.45) is 0 Å². The number of ether oxygens (including phenoxy) is 1. The number of hydrogen-bond donors (Lipinski definition) is 7. The van der Waals surface area contributed by atoms with Crippen molar-refractivity contribution in [2.75, 3.05) is 6.61 Å². The van der Waals surface area contributed by atoms with Gasteiger partial charge in [0.2, 0.25) is 5.91 Å². The number of carbonyl (C=O) groups is 1. The Labute approximate surface area is 118 Å². The summed E-state index contributed by atoms with van der Waals surface area (Å²) in [5, 5.41) is 47.2. The van der Waals surface area contributed by atoms with Crippen LogP contribution in [0.3, 0.4) is 0 Å². The summed E-state index contributed by atoms with van der Waals surface area (Å²) >= 11 is 0. The third kappa shape index (κ3) is 4.40. The van der Waals surface area contributed by atoms with Crippen LogP contribution in [0.25, 0.3) is 0 Å². The van der Waals surface area contributed by atoms with Crippen molar-refractivity contribution in [1.82, 2.24) is 5.48 Å². The number of amides is 1. The molecule has 1 rings (SSSR count). The largest absolute Gasteiger partial charge is 0.498 e. The minimum atomic E-state index is -5.14. The van der Waals surface area contributed by atoms with Gasteiger partial charge in [0.05, 0.1) is 6.61 Å². The molecule has 1 aliphatic rings. The maximum absolute atomic E-state index is 11.5. The Morgan fingerprint density at radius 2 is 1.95 bits per heavy atom. The Hall–Kier alpha value is -0.660. The summed E-state index contributed by atoms with van der Waals surface area (Å²) in [5.41, 5.74) is 1.47. The van der Waals surface area contributed by atoms with Gasteiger partial charge in [0.15, 0.2) is 6.10 Å². The fourth-order valence-corrected chi connectivity index (χ4v) is 2.27. The first kappa shape index (κ1) is 18.4. The SMILES string of the molecule is CC(=O)NOP(=O)(O)OC1(O)OC(CO)C(O)C(O)C1O. The van der Waals surface area contributed by atoms with E-state index in [0.717, 1.165) is 6.92 Å². The molecule has 1 heterocycles. The number of hydroxylamine groups is 1. The van der Waals surface area contributed by atoms with Crippen molar-refractivity contribution in [3.8, 4) is 0 Å². The molecule has 6 atom stereocenters. The first-order valence-corrected chi connectivity index (χ1v) is 7.06. The Morgan fingerprint density at radius 1 is 1.38 bits per heavy atom. The van der Waals surface area contributed by atoms with Gasteiger partial charge in [-0.15, -0.1) is 0 Å². The van der Waals surface area contributed by atoms with Gasteiger partial charge < -0.3 is 35.2 Å². The molecule has 6 unspecified atom stereocenters. The molecule has 0 aromatic carbocycles. The van der Waals surface area contributed by atoms with Crippen LogP contribution in [0.5, 0.6) is 0 Å². The van der Waals surface area contributed by atoms with E-state index < -0.39 is 50.7 Å². The molecule has 0 saturated carbocycles. The molecule has 1 amide bonds. The van der Waals surface area contributed by atoms with E-state index in [9.17, 15) is 34.7 Å². The molecular formula is C8H16NO11P. The van der Waals surface area contributed by atoms with Gasteiger partial charge in [0, 0.05) is 6.92 Å². The van der Waals surface area contributed by atoms with Crippen LogP contribution in [0, 0.1) is 0 Å². The zero-order valence-electron chi connectivity index (χ0n) is 10.7. The van der Waals surface area contributed by atoms with E-state index in [1.807, 2.05) is 0 Å². The van der Waals surface area contributed by atoms with E-state index in [1.54, 1.807) is 0 Å². The summed E-state index contributed by atoms with van der Waals surface area (Å²) in [6, 6.07) is 0. The highest BCUT2D eigenvalue weighted by Gasteiger charge is 2.57. The fourth-order valence-electron chi connectivity index (χ4n) is 1.51. The Bertz CT molecular complexity index is 430. The highest BCUT2D eigenvalue weighted by Crippen LogP contribution is 2.48. The Balaban J connectivity index is 2.87. The topological polar surface area (TPSA) is 195 Å². The lowest BCUT2D eigenvalue weighted by atomic mass is 9.98. The van der Waals surface area contributed by atoms with Crippen LogP contribution >= 0.6 is 7.82 Å². The zero-order chi connectivity index (χ0) is 16.4. The molecule has 0 bridgehead atoms. The molecule has 1 saturated heterocycles. The molecular weight excluding hydrogens is 317 g/mol. The number of nitrogens with one attached hydrogen (secondary N) is 1. The van der Waals surface area contributed by atoms with E-state index in [2.05, 4.69) is 13.9 Å². The number of aliphatic hydroxyl groups excluding tert-OH is 4. The molecule has 12 nitrogen and oxygen atoms in total. The van der Waals surface area contributed by atoms with E-state index in [0.29, 0.717) is 0 Å². The average molecular weight is 333 g/mol. The van der Waals surface area contributed by atoms with Gasteiger partial charge >= 0.3 is 13.8 Å². The number of aliphatic hydroxyl groups is 5. The van der Waals surface area contributed by atoms with Gasteiger partial charge in [-0.1, -0.05) is 0 Å². The van der Waals surface area contributed by atoms with Crippen LogP contribution < -0.4 is 5.48 Å². The summed E-state index contributed by atoms with van der Waals surface area (Å²) in [7, 11) is -5.14. The molecule has 1 aliphatic heterocycles. The predicted molar refractivity (Wildman–Crippen MR) is 60.7 cm³/mol. The minimum Gasteiger partial charge on any atom is -0.394 e. The van der Waals surface area contributed by atoms with Crippen LogP contribution in [0.1, 0.15) is 6.92 Å². The van der Waals surface area contributed by atoms with Gasteiger partial charge in [-0.25, -0.2) is 14.6 Å². The third-order valence-corrected chi connectivity index (χ3v) is 3.29. The highest BCUT2D eigenvalue weighted by molar-refractivity contribution is 7.47. The van der Waals surface area contributed by atoms with Crippen molar-refractivity contribution in [3.05, 3.63) is 0 Å². The lowest BCUT2D eigenvalue weighted by Crippen LogP contribution is -2.65. The maximum atomic E-state index is 11.5. The summed E-state index contributed by atoms with van der Waals surface area (Å²) in [5.74, 6) is -4.14. The van der Waals surface area contributed by atoms with Crippen molar-refractivity contribution >= 4 is 13.7 Å². The van der Waals surface area contributed by atoms with Gasteiger partial charge in [-0.3, -0.25) is 4.79 Å². The number of rotatable bonds is 5. The van der Waals surface area contributed by atoms with E-state index in [4.69, 9.17) is 5.11 Å². The molecule has 0 aromatic heterocycles. The normalized spacial score (nSPS) is 39.6. The fraction of sp³-hybridized carbons (Fsp3) is 0.875. The monoisotopic (exact) mass is 333 g/mol. The molecule has 0 spiro atoms. The maximum Gasteiger partial charge on any atom is 0.498 e. The molecule has 1 fully saturated rings. The molecule has 124 valence electrons. The summed E-state index contributed by atoms with van der Waals surface area (Å²) in [4.78, 5) is 19.8. The number of phosphoric acid groups is 1. The third-order valence-electron chi connectivity index (χ3n) is 2.48. The van der Waals surface area contributed by atoms with Gasteiger partial charge in [0.25, 0.3) is 0 Å². The average Bonchev–Trinajstić information content (AvgIpc) is 2.38. The summed E-state index contributed by atoms with van der Waals surface area (Å²) in [6.45, 7) is 0.0431. The van der Waals surface area contributed by atoms with Crippen molar-refractivity contribution in [3.63, 3.8) is 0 Å². The highest BCUT2D eigenvalue weighted by atomic mass is 31.2. The van der Waals surface area contributed by atoms with Crippen molar-refractivity contribution in [2.45, 2.75) is 37.3 Å². The van der Waals surface area contributed by atoms with E-state index in [1.165, 1.54) is 5.48 Å². The lowest BCUT2D eigenvalue weighted by molar-refractivity contribution is -0.426. The minimum absolute atomic E-state index is 0.867. The van der Waals surface area contributed by atoms with Crippen molar-refractivity contribution in [1.29, 1.82) is 0 Å². The summed E-state index contributed by atoms with van der Waals surface area (Å²) in [6.07, 6.45) is -7.82. The molecule has 21 heavy (non-hydrogen) atoms. The molecule has 7 N–H and O–H groups in total. The Morgan fingerprint density at radius 3 is 2.43 bits per heavy atom. The van der Waals surface area contributed by atoms with Crippen LogP contribution in [0.2, 0.25) is 0 Å². The van der Waals surface area contributed by atoms with Crippen LogP contribution in [-0.2, 0) is 23.2 Å². The van der Waals surface area contributed by atoms with Crippen LogP contribution in [0.15, 0.2) is 0 Å². The Kier molecular flexibility index (Phi) is 5.80. The van der Waals surface area contributed by atoms with Gasteiger partial charge in [-0.05, 0) is 0 Å². The van der Waals surface area contributed by atoms with Crippen LogP contribution in [-0.4, -0.2) is 73.3 Å². The van der Waals surface area contributed by atoms with Gasteiger partial charge in [0.1, 0.15) is 18.3 Å². The number of hydrogen-bond acceptors (Lipinski definition) is 10. The number of carbonyl (C=O) groups excluding carboxylic acids is 1. The predicted octanol–water partition coefficient (Wildman–Crippen LogP) is -3.71. The van der Waals surface area contributed by atoms with E-state index in [-0.39, 0.29) is 0 Å². The first-order valence-electron chi connectivity index (χ1n) is 5.56. The van der Waals surface area contributed by atoms with E-state index >= 15 is 0 Å². The first-order chi connectivity index (χ1) is 9.52. The second-order valence-corrected chi connectivity index (χ2v) is 5.51. The zero-order valence-corrected chi connectivity index (χ0v) is 11.6. The standard InChI is InChI=1S/C8H16NO11P/c1-3(11)9-20-21(16,17)19-8(15)7(14)6(13)5(12)4(2-10)18-8/h4-7,10,12-15H,2H2,1H3,(H,9,11)(H,16,17). The molecule has 0 radical (unpaired) electrons. The van der Waals surface area contributed by atoms with Crippen LogP contribution in [0.4, 0.5) is 0 Å². The second-order valence-electron chi connectivity index (χ2n) is 4.20. The number of phosphoric ester groups is 1. The molecule has 0 aliphatic carbocycles. The molecule has 0 aromatic rings. The molecule has 13 heteroatoms. The quantitative estimate of drug-likeness (QED) is 0.148.